The molecule has 2 radical (unpaired) electrons. The van der Waals surface area contributed by atoms with E-state index < -0.39 is 0 Å². The summed E-state index contributed by atoms with van der Waals surface area (Å²) in [6.07, 6.45) is 15.4. The standard InChI is InChI=1S/C16H14B2N6.Pt/c1-3-7-19-15(5-1)23-13-11-21(17-23)9-10-22-12-14-24(18-22)16-6-2-4-8-20-16;/h1-14H;. The van der Waals surface area contributed by atoms with E-state index in [-0.39, 0.29) is 21.1 Å². The molecule has 0 aliphatic carbocycles. The van der Waals surface area contributed by atoms with Gasteiger partial charge in [0.15, 0.2) is 0 Å². The first-order chi connectivity index (χ1) is 11.9. The number of pyridine rings is 2. The van der Waals surface area contributed by atoms with Gasteiger partial charge in [0, 0.05) is 70.7 Å². The summed E-state index contributed by atoms with van der Waals surface area (Å²) in [7, 11) is 3.93. The molecule has 124 valence electrons. The zero-order valence-corrected chi connectivity index (χ0v) is 15.5. The van der Waals surface area contributed by atoms with Crippen molar-refractivity contribution in [2.45, 2.75) is 0 Å². The molecule has 0 N–H and O–H groups in total. The molecule has 0 aromatic carbocycles. The second-order valence-electron chi connectivity index (χ2n) is 5.21. The van der Waals surface area contributed by atoms with E-state index in [4.69, 9.17) is 0 Å². The van der Waals surface area contributed by atoms with Crippen molar-refractivity contribution in [2.24, 2.45) is 0 Å². The number of hydrogen-bond donors (Lipinski definition) is 0. The van der Waals surface area contributed by atoms with Gasteiger partial charge in [-0.2, -0.15) is 0 Å². The van der Waals surface area contributed by atoms with Crippen LogP contribution in [0.15, 0.2) is 86.0 Å². The van der Waals surface area contributed by atoms with Gasteiger partial charge in [0.2, 0.25) is 0 Å². The molecule has 0 unspecified atom stereocenters. The topological polar surface area (TPSA) is 38.7 Å². The van der Waals surface area contributed by atoms with E-state index in [1.807, 2.05) is 108 Å². The summed E-state index contributed by atoms with van der Waals surface area (Å²) >= 11 is 0. The Kier molecular flexibility index (Phi) is 5.61. The van der Waals surface area contributed by atoms with Crippen molar-refractivity contribution in [3.8, 4) is 0 Å². The molecule has 0 atom stereocenters. The van der Waals surface area contributed by atoms with Crippen LogP contribution >= 0.6 is 0 Å². The van der Waals surface area contributed by atoms with E-state index in [2.05, 4.69) is 9.97 Å². The molecule has 0 amide bonds. The Morgan fingerprint density at radius 3 is 1.56 bits per heavy atom. The maximum Gasteiger partial charge on any atom is 0.401 e. The Morgan fingerprint density at radius 2 is 1.16 bits per heavy atom. The van der Waals surface area contributed by atoms with Crippen molar-refractivity contribution in [3.63, 3.8) is 0 Å². The van der Waals surface area contributed by atoms with E-state index in [0.717, 1.165) is 11.6 Å². The molecular formula is C16H14B2N6Pt. The first-order valence-electron chi connectivity index (χ1n) is 7.57. The number of rotatable bonds is 4. The van der Waals surface area contributed by atoms with Crippen molar-refractivity contribution in [1.29, 1.82) is 0 Å². The number of aromatic nitrogens is 2. The summed E-state index contributed by atoms with van der Waals surface area (Å²) in [6, 6.07) is 11.7. The van der Waals surface area contributed by atoms with Crippen LogP contribution in [0.4, 0.5) is 11.6 Å². The van der Waals surface area contributed by atoms with Gasteiger partial charge >= 0.3 is 15.1 Å². The van der Waals surface area contributed by atoms with Crippen LogP contribution in [0.3, 0.4) is 0 Å². The van der Waals surface area contributed by atoms with Crippen LogP contribution in [-0.4, -0.2) is 34.7 Å². The molecule has 2 aromatic rings. The summed E-state index contributed by atoms with van der Waals surface area (Å²) in [4.78, 5) is 16.5. The Bertz CT molecular complexity index is 705. The largest absolute Gasteiger partial charge is 0.401 e. The summed E-state index contributed by atoms with van der Waals surface area (Å²) in [5.74, 6) is 1.78. The molecule has 0 spiro atoms. The minimum Gasteiger partial charge on any atom is -0.378 e. The van der Waals surface area contributed by atoms with Gasteiger partial charge in [-0.05, 0) is 24.3 Å². The van der Waals surface area contributed by atoms with E-state index >= 15 is 0 Å². The molecule has 0 fully saturated rings. The summed E-state index contributed by atoms with van der Waals surface area (Å²) in [6.45, 7) is 0. The fourth-order valence-corrected chi connectivity index (χ4v) is 2.35. The smallest absolute Gasteiger partial charge is 0.378 e. The molecule has 6 nitrogen and oxygen atoms in total. The van der Waals surface area contributed by atoms with Crippen molar-refractivity contribution in [3.05, 3.63) is 86.0 Å². The van der Waals surface area contributed by atoms with Gasteiger partial charge in [-0.1, -0.05) is 12.1 Å². The maximum atomic E-state index is 4.33. The number of nitrogens with zero attached hydrogens (tertiary/aromatic N) is 6. The van der Waals surface area contributed by atoms with Crippen molar-refractivity contribution >= 4 is 26.7 Å². The van der Waals surface area contributed by atoms with Gasteiger partial charge < -0.3 is 19.2 Å². The Hall–Kier alpha value is -2.46. The third-order valence-corrected chi connectivity index (χ3v) is 3.55. The Balaban J connectivity index is 0.00000182. The second-order valence-corrected chi connectivity index (χ2v) is 5.21. The van der Waals surface area contributed by atoms with Crippen LogP contribution in [0.1, 0.15) is 0 Å². The van der Waals surface area contributed by atoms with E-state index in [1.165, 1.54) is 0 Å². The number of anilines is 2. The van der Waals surface area contributed by atoms with Crippen LogP contribution in [0.5, 0.6) is 0 Å². The molecule has 2 aliphatic rings. The Morgan fingerprint density at radius 1 is 0.680 bits per heavy atom. The van der Waals surface area contributed by atoms with E-state index in [0.29, 0.717) is 0 Å². The molecule has 9 heteroatoms. The fourth-order valence-electron chi connectivity index (χ4n) is 2.35. The molecule has 2 aliphatic heterocycles. The second kappa shape index (κ2) is 8.08. The van der Waals surface area contributed by atoms with Gasteiger partial charge in [0.05, 0.1) is 0 Å². The summed E-state index contributed by atoms with van der Waals surface area (Å²) < 4.78 is 0. The van der Waals surface area contributed by atoms with Gasteiger partial charge in [-0.25, -0.2) is 9.97 Å². The summed E-state index contributed by atoms with van der Waals surface area (Å²) in [5.41, 5.74) is 0. The first-order valence-corrected chi connectivity index (χ1v) is 7.57. The maximum absolute atomic E-state index is 4.33. The molecule has 25 heavy (non-hydrogen) atoms. The van der Waals surface area contributed by atoms with Crippen LogP contribution in [-0.2, 0) is 21.1 Å². The average molecular weight is 507 g/mol. The first kappa shape index (κ1) is 17.4. The third-order valence-electron chi connectivity index (χ3n) is 3.55. The molecule has 0 saturated heterocycles. The van der Waals surface area contributed by atoms with Crippen molar-refractivity contribution in [2.75, 3.05) is 9.62 Å². The zero-order chi connectivity index (χ0) is 16.2. The van der Waals surface area contributed by atoms with Gasteiger partial charge in [0.1, 0.15) is 11.6 Å². The fraction of sp³-hybridized carbons (Fsp3) is 0. The minimum absolute atomic E-state index is 0. The van der Waals surface area contributed by atoms with E-state index in [9.17, 15) is 0 Å². The van der Waals surface area contributed by atoms with Crippen LogP contribution in [0.2, 0.25) is 0 Å². The quantitative estimate of drug-likeness (QED) is 0.590. The van der Waals surface area contributed by atoms with Crippen molar-refractivity contribution in [1.82, 2.24) is 19.6 Å². The molecule has 2 aromatic heterocycles. The van der Waals surface area contributed by atoms with Gasteiger partial charge in [-0.3, -0.25) is 0 Å². The minimum atomic E-state index is 0. The molecule has 4 heterocycles. The van der Waals surface area contributed by atoms with Crippen LogP contribution in [0.25, 0.3) is 0 Å². The SMILES string of the molecule is [B]1N(C=CN2[B]N(c3ccccn3)C=C2)C=CN1c1ccccn1.[Pt]. The van der Waals surface area contributed by atoms with E-state index in [1.54, 1.807) is 12.4 Å². The molecule has 0 bridgehead atoms. The van der Waals surface area contributed by atoms with Gasteiger partial charge in [-0.15, -0.1) is 0 Å². The normalized spacial score (nSPS) is 15.5. The third kappa shape index (κ3) is 4.14. The average Bonchev–Trinajstić information content (AvgIpc) is 3.31. The van der Waals surface area contributed by atoms with Crippen molar-refractivity contribution < 1.29 is 21.1 Å². The number of hydrogen-bond acceptors (Lipinski definition) is 6. The van der Waals surface area contributed by atoms with Crippen LogP contribution in [0, 0.1) is 0 Å². The predicted octanol–water partition coefficient (Wildman–Crippen LogP) is 1.90. The monoisotopic (exact) mass is 507 g/mol. The zero-order valence-electron chi connectivity index (χ0n) is 13.2. The Labute approximate surface area is 163 Å². The van der Waals surface area contributed by atoms with Crippen LogP contribution < -0.4 is 9.62 Å². The molecule has 0 saturated carbocycles. The van der Waals surface area contributed by atoms with Gasteiger partial charge in [0.25, 0.3) is 0 Å². The summed E-state index contributed by atoms with van der Waals surface area (Å²) in [5, 5.41) is 0. The predicted molar refractivity (Wildman–Crippen MR) is 96.0 cm³/mol. The molecule has 4 rings (SSSR count). The molecular weight excluding hydrogens is 493 g/mol.